The maximum absolute atomic E-state index is 11.4. The van der Waals surface area contributed by atoms with Crippen molar-refractivity contribution in [3.63, 3.8) is 0 Å². The van der Waals surface area contributed by atoms with Crippen LogP contribution in [0.25, 0.3) is 0 Å². The van der Waals surface area contributed by atoms with Gasteiger partial charge in [0.25, 0.3) is 0 Å². The van der Waals surface area contributed by atoms with Crippen molar-refractivity contribution in [1.82, 2.24) is 0 Å². The van der Waals surface area contributed by atoms with Gasteiger partial charge < -0.3 is 0 Å². The van der Waals surface area contributed by atoms with E-state index in [1.807, 2.05) is 20.8 Å². The minimum absolute atomic E-state index is 0.000000000000000222. The molecule has 1 rings (SSSR count). The highest BCUT2D eigenvalue weighted by Crippen LogP contribution is 2.29. The van der Waals surface area contributed by atoms with Crippen molar-refractivity contribution in [2.75, 3.05) is 0 Å². The van der Waals surface area contributed by atoms with Gasteiger partial charge in [0.2, 0.25) is 0 Å². The fraction of sp³-hybridized carbons (Fsp3) is 0.400. The predicted octanol–water partition coefficient (Wildman–Crippen LogP) is 2.16. The average molecular weight is 230 g/mol. The Morgan fingerprint density at radius 3 is 2.20 bits per heavy atom. The molecule has 5 heteroatoms. The van der Waals surface area contributed by atoms with E-state index in [1.54, 1.807) is 18.2 Å². The first-order valence-corrected chi connectivity index (χ1v) is 5.87. The third-order valence-corrected chi connectivity index (χ3v) is 3.15. The predicted molar refractivity (Wildman–Crippen MR) is 56.0 cm³/mol. The van der Waals surface area contributed by atoms with Gasteiger partial charge in [-0.25, -0.2) is 5.26 Å². The molecule has 0 fully saturated rings. The summed E-state index contributed by atoms with van der Waals surface area (Å²) in [7, 11) is -4.06. The topological polar surface area (TPSA) is 63.6 Å². The highest BCUT2D eigenvalue weighted by Gasteiger charge is 2.25. The zero-order valence-electron chi connectivity index (χ0n) is 8.89. The molecule has 1 aromatic carbocycles. The van der Waals surface area contributed by atoms with Gasteiger partial charge in [0.05, 0.1) is 0 Å². The first-order chi connectivity index (χ1) is 6.79. The van der Waals surface area contributed by atoms with E-state index in [1.165, 1.54) is 6.07 Å². The van der Waals surface area contributed by atoms with E-state index in [0.717, 1.165) is 0 Å². The highest BCUT2D eigenvalue weighted by atomic mass is 32.2. The number of rotatable bonds is 2. The summed E-state index contributed by atoms with van der Waals surface area (Å²) < 4.78 is 26.3. The van der Waals surface area contributed by atoms with Crippen LogP contribution in [0.5, 0.6) is 0 Å². The molecule has 0 radical (unpaired) electrons. The van der Waals surface area contributed by atoms with Crippen LogP contribution in [0.15, 0.2) is 29.2 Å². The van der Waals surface area contributed by atoms with Gasteiger partial charge >= 0.3 is 10.1 Å². The van der Waals surface area contributed by atoms with Gasteiger partial charge in [0.15, 0.2) is 0 Å². The Morgan fingerprint density at radius 1 is 1.20 bits per heavy atom. The smallest absolute Gasteiger partial charge is 0.235 e. The van der Waals surface area contributed by atoms with Crippen molar-refractivity contribution in [2.45, 2.75) is 31.1 Å². The molecule has 0 bridgehead atoms. The van der Waals surface area contributed by atoms with Crippen LogP contribution < -0.4 is 0 Å². The van der Waals surface area contributed by atoms with Crippen molar-refractivity contribution in [2.24, 2.45) is 0 Å². The molecular formula is C10H14O4S. The lowest BCUT2D eigenvalue weighted by molar-refractivity contribution is -0.130. The maximum atomic E-state index is 11.4. The number of hydrogen-bond donors (Lipinski definition) is 1. The Bertz CT molecular complexity index is 443. The molecule has 1 N–H and O–H groups in total. The summed E-state index contributed by atoms with van der Waals surface area (Å²) in [5.74, 6) is 0. The summed E-state index contributed by atoms with van der Waals surface area (Å²) >= 11 is 0. The van der Waals surface area contributed by atoms with Gasteiger partial charge in [0.1, 0.15) is 4.90 Å². The van der Waals surface area contributed by atoms with Crippen LogP contribution in [0.1, 0.15) is 26.3 Å². The second-order valence-corrected chi connectivity index (χ2v) is 5.77. The molecule has 0 heterocycles. The number of hydrogen-bond acceptors (Lipinski definition) is 4. The van der Waals surface area contributed by atoms with E-state index in [-0.39, 0.29) is 10.3 Å². The van der Waals surface area contributed by atoms with Crippen molar-refractivity contribution < 1.29 is 18.0 Å². The van der Waals surface area contributed by atoms with E-state index in [4.69, 9.17) is 5.26 Å². The molecule has 0 aliphatic heterocycles. The Morgan fingerprint density at radius 2 is 1.73 bits per heavy atom. The molecule has 0 spiro atoms. The van der Waals surface area contributed by atoms with E-state index >= 15 is 0 Å². The molecule has 0 saturated heterocycles. The molecule has 0 amide bonds. The molecule has 0 aromatic heterocycles. The summed E-state index contributed by atoms with van der Waals surface area (Å²) in [6.45, 7) is 5.66. The molecule has 15 heavy (non-hydrogen) atoms. The first-order valence-electron chi connectivity index (χ1n) is 4.46. The summed E-state index contributed by atoms with van der Waals surface area (Å²) in [6.07, 6.45) is 0. The van der Waals surface area contributed by atoms with Crippen molar-refractivity contribution in [1.29, 1.82) is 0 Å². The summed E-state index contributed by atoms with van der Waals surface area (Å²) in [6, 6.07) is 6.44. The Hall–Kier alpha value is -0.910. The van der Waals surface area contributed by atoms with Crippen LogP contribution >= 0.6 is 0 Å². The van der Waals surface area contributed by atoms with E-state index in [9.17, 15) is 8.42 Å². The Kier molecular flexibility index (Phi) is 3.18. The van der Waals surface area contributed by atoms with Crippen molar-refractivity contribution in [3.05, 3.63) is 29.8 Å². The van der Waals surface area contributed by atoms with Gasteiger partial charge in [-0.3, -0.25) is 0 Å². The SMILES string of the molecule is CC(C)(C)c1ccccc1S(=O)(=O)OO. The van der Waals surface area contributed by atoms with Gasteiger partial charge in [-0.1, -0.05) is 39.0 Å². The molecule has 0 saturated carbocycles. The molecule has 0 atom stereocenters. The van der Waals surface area contributed by atoms with E-state index < -0.39 is 10.1 Å². The third-order valence-electron chi connectivity index (χ3n) is 2.06. The molecule has 0 aliphatic rings. The summed E-state index contributed by atoms with van der Waals surface area (Å²) in [4.78, 5) is 0.000000000000000222. The molecule has 4 nitrogen and oxygen atoms in total. The summed E-state index contributed by atoms with van der Waals surface area (Å²) in [5.41, 5.74) is 0.279. The lowest BCUT2D eigenvalue weighted by Crippen LogP contribution is -2.17. The average Bonchev–Trinajstić information content (AvgIpc) is 2.16. The monoisotopic (exact) mass is 230 g/mol. The van der Waals surface area contributed by atoms with Gasteiger partial charge in [-0.05, 0) is 17.0 Å². The second kappa shape index (κ2) is 3.92. The van der Waals surface area contributed by atoms with Crippen LogP contribution in [0.3, 0.4) is 0 Å². The number of benzene rings is 1. The minimum Gasteiger partial charge on any atom is -0.235 e. The van der Waals surface area contributed by atoms with Crippen LogP contribution in [-0.4, -0.2) is 13.7 Å². The van der Waals surface area contributed by atoms with E-state index in [2.05, 4.69) is 4.33 Å². The molecule has 84 valence electrons. The van der Waals surface area contributed by atoms with Crippen molar-refractivity contribution in [3.8, 4) is 0 Å². The second-order valence-electron chi connectivity index (χ2n) is 4.27. The molecular weight excluding hydrogens is 216 g/mol. The van der Waals surface area contributed by atoms with Gasteiger partial charge in [0, 0.05) is 0 Å². The van der Waals surface area contributed by atoms with Crippen LogP contribution in [-0.2, 0) is 19.9 Å². The van der Waals surface area contributed by atoms with Crippen LogP contribution in [0.2, 0.25) is 0 Å². The molecule has 0 aliphatic carbocycles. The standard InChI is InChI=1S/C10H14O4S/c1-10(2,3)8-6-4-5-7-9(8)15(12,13)14-11/h4-7,11H,1-3H3. The zero-order chi connectivity index (χ0) is 11.7. The van der Waals surface area contributed by atoms with Gasteiger partial charge in [-0.15, -0.1) is 4.33 Å². The lowest BCUT2D eigenvalue weighted by Gasteiger charge is -2.21. The minimum atomic E-state index is -4.06. The fourth-order valence-corrected chi connectivity index (χ4v) is 2.31. The maximum Gasteiger partial charge on any atom is 0.323 e. The van der Waals surface area contributed by atoms with Crippen LogP contribution in [0.4, 0.5) is 0 Å². The summed E-state index contributed by atoms with van der Waals surface area (Å²) in [5, 5.41) is 8.35. The van der Waals surface area contributed by atoms with Gasteiger partial charge in [-0.2, -0.15) is 8.42 Å². The van der Waals surface area contributed by atoms with Crippen molar-refractivity contribution >= 4 is 10.1 Å². The first kappa shape index (κ1) is 12.2. The van der Waals surface area contributed by atoms with Crippen LogP contribution in [0, 0.1) is 0 Å². The lowest BCUT2D eigenvalue weighted by atomic mass is 9.87. The Labute approximate surface area is 89.6 Å². The fourth-order valence-electron chi connectivity index (χ4n) is 1.34. The largest absolute Gasteiger partial charge is 0.323 e. The zero-order valence-corrected chi connectivity index (χ0v) is 9.71. The highest BCUT2D eigenvalue weighted by molar-refractivity contribution is 7.86. The normalized spacial score (nSPS) is 12.8. The third kappa shape index (κ3) is 2.56. The Balaban J connectivity index is 3.45. The van der Waals surface area contributed by atoms with E-state index in [0.29, 0.717) is 5.56 Å². The molecule has 1 aromatic rings. The molecule has 0 unspecified atom stereocenters. The quantitative estimate of drug-likeness (QED) is 0.624.